The molecule has 0 spiro atoms. The average molecular weight is 562 g/mol. The molecule has 1 fully saturated rings. The maximum absolute atomic E-state index is 6.69. The number of anilines is 2. The number of nitrogens with one attached hydrogen (secondary N) is 1. The second-order valence-electron chi connectivity index (χ2n) is 11.4. The lowest BCUT2D eigenvalue weighted by atomic mass is 9.72. The number of para-hydroxylation sites is 1. The molecule has 2 aliphatic rings. The minimum atomic E-state index is -0.218. The molecule has 6 aromatic rings. The Morgan fingerprint density at radius 1 is 0.791 bits per heavy atom. The van der Waals surface area contributed by atoms with Crippen molar-refractivity contribution in [3.05, 3.63) is 133 Å². The van der Waals surface area contributed by atoms with Crippen molar-refractivity contribution in [2.75, 3.05) is 5.32 Å². The van der Waals surface area contributed by atoms with Gasteiger partial charge in [-0.1, -0.05) is 66.7 Å². The molecule has 0 amide bonds. The summed E-state index contributed by atoms with van der Waals surface area (Å²) in [7, 11) is 0. The number of imidazole rings is 1. The molecule has 6 nitrogen and oxygen atoms in total. The predicted molar refractivity (Wildman–Crippen MR) is 171 cm³/mol. The van der Waals surface area contributed by atoms with Crippen LogP contribution in [0.1, 0.15) is 30.4 Å². The number of nitrogens with zero attached hydrogens (tertiary/aromatic N) is 3. The van der Waals surface area contributed by atoms with Crippen LogP contribution in [0.3, 0.4) is 0 Å². The number of pyridine rings is 1. The van der Waals surface area contributed by atoms with E-state index in [-0.39, 0.29) is 5.54 Å². The van der Waals surface area contributed by atoms with Gasteiger partial charge in [0.15, 0.2) is 5.82 Å². The zero-order valence-electron chi connectivity index (χ0n) is 23.7. The summed E-state index contributed by atoms with van der Waals surface area (Å²) in [6.07, 6.45) is 5.05. The van der Waals surface area contributed by atoms with E-state index in [1.807, 2.05) is 48.7 Å². The Morgan fingerprint density at radius 3 is 2.30 bits per heavy atom. The first kappa shape index (κ1) is 25.5. The molecule has 3 heterocycles. The average Bonchev–Trinajstić information content (AvgIpc) is 3.38. The Bertz CT molecular complexity index is 1920. The van der Waals surface area contributed by atoms with Gasteiger partial charge in [0.1, 0.15) is 18.2 Å². The highest BCUT2D eigenvalue weighted by molar-refractivity contribution is 5.90. The van der Waals surface area contributed by atoms with Gasteiger partial charge in [-0.2, -0.15) is 0 Å². The molecule has 6 heteroatoms. The Kier molecular flexibility index (Phi) is 6.09. The van der Waals surface area contributed by atoms with Crippen molar-refractivity contribution in [1.82, 2.24) is 14.5 Å². The SMILES string of the molecule is NC1(c2ccc(-c3c(-c4ccc(OCc5ccccc5)cc4)nc4n3-c3cccnc3Nc3ccccc3-4)cc2)CCC1. The van der Waals surface area contributed by atoms with Crippen LogP contribution in [0.2, 0.25) is 0 Å². The standard InChI is InChI=1S/C37H31N5O/c38-37(21-7-22-37)28-17-13-27(14-18-28)34-33(26-15-19-29(20-16-26)43-24-25-8-2-1-3-9-25)41-36-30-10-4-5-11-31(30)40-35-32(42(34)36)12-6-23-39-35/h1-6,8-20,23H,7,21-22,24,38H2,(H,39,40). The topological polar surface area (TPSA) is 78.0 Å². The summed E-state index contributed by atoms with van der Waals surface area (Å²) in [5.41, 5.74) is 15.7. The highest BCUT2D eigenvalue weighted by Crippen LogP contribution is 2.45. The van der Waals surface area contributed by atoms with E-state index in [2.05, 4.69) is 82.7 Å². The number of rotatable bonds is 6. The summed E-state index contributed by atoms with van der Waals surface area (Å²) in [5.74, 6) is 2.47. The fourth-order valence-electron chi connectivity index (χ4n) is 6.15. The number of hydrogen-bond donors (Lipinski definition) is 2. The van der Waals surface area contributed by atoms with Gasteiger partial charge in [-0.25, -0.2) is 9.97 Å². The summed E-state index contributed by atoms with van der Waals surface area (Å²) in [6, 6.07) is 39.5. The van der Waals surface area contributed by atoms with Crippen LogP contribution in [-0.4, -0.2) is 14.5 Å². The molecule has 8 rings (SSSR count). The van der Waals surface area contributed by atoms with Gasteiger partial charge >= 0.3 is 0 Å². The smallest absolute Gasteiger partial charge is 0.154 e. The summed E-state index contributed by atoms with van der Waals surface area (Å²) < 4.78 is 8.34. The van der Waals surface area contributed by atoms with Crippen LogP contribution in [0.15, 0.2) is 121 Å². The molecule has 0 atom stereocenters. The third-order valence-electron chi connectivity index (χ3n) is 8.68. The van der Waals surface area contributed by atoms with E-state index in [1.165, 1.54) is 12.0 Å². The Hall–Kier alpha value is -5.20. The van der Waals surface area contributed by atoms with E-state index in [0.717, 1.165) is 75.2 Å². The predicted octanol–water partition coefficient (Wildman–Crippen LogP) is 8.24. The lowest BCUT2D eigenvalue weighted by molar-refractivity contribution is 0.253. The van der Waals surface area contributed by atoms with E-state index in [9.17, 15) is 0 Å². The third kappa shape index (κ3) is 4.47. The van der Waals surface area contributed by atoms with E-state index >= 15 is 0 Å². The van der Waals surface area contributed by atoms with Gasteiger partial charge in [-0.3, -0.25) is 4.57 Å². The molecule has 1 aliphatic carbocycles. The molecule has 0 radical (unpaired) electrons. The maximum Gasteiger partial charge on any atom is 0.154 e. The van der Waals surface area contributed by atoms with Crippen molar-refractivity contribution in [2.24, 2.45) is 5.73 Å². The number of fused-ring (bicyclic) bond motifs is 5. The fraction of sp³-hybridized carbons (Fsp3) is 0.135. The second-order valence-corrected chi connectivity index (χ2v) is 11.4. The summed E-state index contributed by atoms with van der Waals surface area (Å²) in [6.45, 7) is 0.521. The molecule has 43 heavy (non-hydrogen) atoms. The van der Waals surface area contributed by atoms with Crippen molar-refractivity contribution in [3.63, 3.8) is 0 Å². The van der Waals surface area contributed by atoms with E-state index < -0.39 is 0 Å². The molecule has 210 valence electrons. The van der Waals surface area contributed by atoms with Crippen molar-refractivity contribution in [1.29, 1.82) is 0 Å². The van der Waals surface area contributed by atoms with Gasteiger partial charge in [-0.05, 0) is 78.9 Å². The summed E-state index contributed by atoms with van der Waals surface area (Å²) >= 11 is 0. The van der Waals surface area contributed by atoms with Gasteiger partial charge in [0.2, 0.25) is 0 Å². The van der Waals surface area contributed by atoms with Gasteiger partial charge in [0, 0.05) is 28.4 Å². The van der Waals surface area contributed by atoms with Crippen LogP contribution >= 0.6 is 0 Å². The van der Waals surface area contributed by atoms with Crippen LogP contribution in [0.25, 0.3) is 39.6 Å². The molecular formula is C37H31N5O. The van der Waals surface area contributed by atoms with E-state index in [4.69, 9.17) is 20.4 Å². The zero-order valence-corrected chi connectivity index (χ0v) is 23.7. The van der Waals surface area contributed by atoms with Crippen molar-refractivity contribution < 1.29 is 4.74 Å². The molecule has 0 saturated heterocycles. The van der Waals surface area contributed by atoms with Crippen LogP contribution in [0.4, 0.5) is 11.5 Å². The summed E-state index contributed by atoms with van der Waals surface area (Å²) in [4.78, 5) is 10.1. The van der Waals surface area contributed by atoms with Gasteiger partial charge < -0.3 is 15.8 Å². The Balaban J connectivity index is 1.28. The minimum Gasteiger partial charge on any atom is -0.489 e. The molecule has 0 bridgehead atoms. The monoisotopic (exact) mass is 561 g/mol. The minimum absolute atomic E-state index is 0.218. The molecule has 2 aromatic heterocycles. The molecule has 4 aromatic carbocycles. The Morgan fingerprint density at radius 2 is 1.53 bits per heavy atom. The van der Waals surface area contributed by atoms with Gasteiger partial charge in [-0.15, -0.1) is 0 Å². The fourth-order valence-corrected chi connectivity index (χ4v) is 6.15. The second kappa shape index (κ2) is 10.3. The maximum atomic E-state index is 6.69. The number of ether oxygens (including phenoxy) is 1. The van der Waals surface area contributed by atoms with Gasteiger partial charge in [0.25, 0.3) is 0 Å². The number of hydrogen-bond acceptors (Lipinski definition) is 5. The van der Waals surface area contributed by atoms with E-state index in [0.29, 0.717) is 6.61 Å². The molecule has 3 N–H and O–H groups in total. The van der Waals surface area contributed by atoms with Crippen LogP contribution < -0.4 is 15.8 Å². The number of nitrogens with two attached hydrogens (primary N) is 1. The zero-order chi connectivity index (χ0) is 28.8. The largest absolute Gasteiger partial charge is 0.489 e. The molecule has 1 aliphatic heterocycles. The first-order chi connectivity index (χ1) is 21.2. The summed E-state index contributed by atoms with van der Waals surface area (Å²) in [5, 5.41) is 3.55. The van der Waals surface area contributed by atoms with Crippen molar-refractivity contribution in [3.8, 4) is 45.3 Å². The number of aromatic nitrogens is 3. The van der Waals surface area contributed by atoms with Crippen LogP contribution in [-0.2, 0) is 12.1 Å². The van der Waals surface area contributed by atoms with Crippen molar-refractivity contribution >= 4 is 11.5 Å². The van der Waals surface area contributed by atoms with Gasteiger partial charge in [0.05, 0.1) is 22.8 Å². The lowest BCUT2D eigenvalue weighted by Gasteiger charge is -2.38. The molecule has 0 unspecified atom stereocenters. The first-order valence-corrected chi connectivity index (χ1v) is 14.8. The highest BCUT2D eigenvalue weighted by Gasteiger charge is 2.34. The number of benzene rings is 4. The van der Waals surface area contributed by atoms with Crippen molar-refractivity contribution in [2.45, 2.75) is 31.4 Å². The first-order valence-electron chi connectivity index (χ1n) is 14.8. The third-order valence-corrected chi connectivity index (χ3v) is 8.68. The lowest BCUT2D eigenvalue weighted by Crippen LogP contribution is -2.43. The van der Waals surface area contributed by atoms with Crippen LogP contribution in [0.5, 0.6) is 5.75 Å². The van der Waals surface area contributed by atoms with Crippen LogP contribution in [0, 0.1) is 0 Å². The molecule has 1 saturated carbocycles. The highest BCUT2D eigenvalue weighted by atomic mass is 16.5. The van der Waals surface area contributed by atoms with E-state index in [1.54, 1.807) is 0 Å². The Labute approximate surface area is 250 Å². The molecular weight excluding hydrogens is 530 g/mol. The quantitative estimate of drug-likeness (QED) is 0.214. The normalized spacial score (nSPS) is 14.3.